The molecule has 4 fully saturated rings. The molecule has 4 aliphatic heterocycles. The van der Waals surface area contributed by atoms with Crippen molar-refractivity contribution in [2.45, 2.75) is 44.6 Å². The van der Waals surface area contributed by atoms with Crippen LogP contribution in [-0.4, -0.2) is 60.5 Å². The van der Waals surface area contributed by atoms with Crippen LogP contribution in [0.25, 0.3) is 0 Å². The van der Waals surface area contributed by atoms with Crippen molar-refractivity contribution in [1.29, 1.82) is 0 Å². The summed E-state index contributed by atoms with van der Waals surface area (Å²) in [4.78, 5) is 39.6. The van der Waals surface area contributed by atoms with Gasteiger partial charge in [0.15, 0.2) is 0 Å². The molecule has 1 aromatic heterocycles. The zero-order chi connectivity index (χ0) is 24.5. The van der Waals surface area contributed by atoms with Crippen LogP contribution in [0.1, 0.15) is 37.7 Å². The lowest BCUT2D eigenvalue weighted by Gasteiger charge is -2.57. The molecule has 2 amide bonds. The lowest BCUT2D eigenvalue weighted by Crippen LogP contribution is -2.71. The van der Waals surface area contributed by atoms with Gasteiger partial charge < -0.3 is 20.9 Å². The normalized spacial score (nSPS) is 26.7. The number of halogens is 1. The number of hydrogen-bond donors (Lipinski definition) is 3. The highest BCUT2D eigenvalue weighted by molar-refractivity contribution is 6.14. The minimum absolute atomic E-state index is 0.0343. The van der Waals surface area contributed by atoms with Crippen molar-refractivity contribution in [2.24, 2.45) is 10.8 Å². The van der Waals surface area contributed by atoms with Crippen LogP contribution in [0.5, 0.6) is 0 Å². The lowest BCUT2D eigenvalue weighted by molar-refractivity contribution is -0.140. The van der Waals surface area contributed by atoms with Crippen LogP contribution < -0.4 is 25.8 Å². The Bertz CT molecular complexity index is 1250. The molecule has 7 rings (SSSR count). The average molecular weight is 492 g/mol. The zero-order valence-electron chi connectivity index (χ0n) is 20.1. The molecular weight excluding hydrogens is 461 g/mol. The second-order valence-corrected chi connectivity index (χ2v) is 11.2. The van der Waals surface area contributed by atoms with Gasteiger partial charge in [-0.3, -0.25) is 14.5 Å². The van der Waals surface area contributed by atoms with Crippen molar-refractivity contribution in [1.82, 2.24) is 20.6 Å². The fraction of sp³-hybridized carbons (Fsp3) is 0.538. The molecule has 2 aromatic rings. The van der Waals surface area contributed by atoms with Crippen LogP contribution in [0.2, 0.25) is 0 Å². The van der Waals surface area contributed by atoms with E-state index in [1.165, 1.54) is 6.07 Å². The first-order chi connectivity index (χ1) is 17.5. The number of anilines is 4. The molecule has 36 heavy (non-hydrogen) atoms. The summed E-state index contributed by atoms with van der Waals surface area (Å²) in [6.07, 6.45) is 6.43. The van der Waals surface area contributed by atoms with Gasteiger partial charge in [-0.25, -0.2) is 9.37 Å². The van der Waals surface area contributed by atoms with Gasteiger partial charge >= 0.3 is 0 Å². The van der Waals surface area contributed by atoms with E-state index in [0.29, 0.717) is 47.9 Å². The van der Waals surface area contributed by atoms with E-state index in [1.54, 1.807) is 17.2 Å². The number of nitrogens with zero attached hydrogens (tertiary/aromatic N) is 4. The first-order valence-electron chi connectivity index (χ1n) is 13.0. The van der Waals surface area contributed by atoms with Gasteiger partial charge in [-0.05, 0) is 37.5 Å². The van der Waals surface area contributed by atoms with Gasteiger partial charge in [0.2, 0.25) is 17.8 Å². The molecule has 3 N–H and O–H groups in total. The van der Waals surface area contributed by atoms with E-state index in [1.807, 2.05) is 6.07 Å². The predicted molar refractivity (Wildman–Crippen MR) is 133 cm³/mol. The highest BCUT2D eigenvalue weighted by atomic mass is 19.1. The third-order valence-corrected chi connectivity index (χ3v) is 8.75. The molecule has 1 aliphatic carbocycles. The third-order valence-electron chi connectivity index (χ3n) is 8.75. The standard InChI is InChI=1S/C26H30FN7O2/c27-19-9-17(5-6-20(19)33-14-25(15-33)12-28-13-25)31-24-30-11-16-10-26(7-8-29-22(26)35)23(36)34(21(16)32-24)18-3-1-2-4-18/h5-6,9,11,18,28H,1-4,7-8,10,12-15H2,(H,29,35)(H,30,31,32). The lowest BCUT2D eigenvalue weighted by atomic mass is 9.74. The van der Waals surface area contributed by atoms with Gasteiger partial charge in [0.05, 0.1) is 5.69 Å². The van der Waals surface area contributed by atoms with E-state index in [2.05, 4.69) is 25.8 Å². The minimum atomic E-state index is -1.06. The number of fused-ring (bicyclic) bond motifs is 1. The fourth-order valence-corrected chi connectivity index (χ4v) is 6.67. The maximum atomic E-state index is 15.0. The zero-order valence-corrected chi connectivity index (χ0v) is 20.1. The number of nitrogens with one attached hydrogen (secondary N) is 3. The van der Waals surface area contributed by atoms with Gasteiger partial charge in [-0.1, -0.05) is 12.8 Å². The van der Waals surface area contributed by atoms with Crippen molar-refractivity contribution in [3.63, 3.8) is 0 Å². The first-order valence-corrected chi connectivity index (χ1v) is 13.0. The summed E-state index contributed by atoms with van der Waals surface area (Å²) in [5, 5.41) is 9.28. The van der Waals surface area contributed by atoms with Gasteiger partial charge in [0, 0.05) is 68.0 Å². The summed E-state index contributed by atoms with van der Waals surface area (Å²) in [5.74, 6) is 0.266. The van der Waals surface area contributed by atoms with E-state index in [4.69, 9.17) is 4.98 Å². The molecule has 3 saturated heterocycles. The number of aromatic nitrogens is 2. The highest BCUT2D eigenvalue weighted by Gasteiger charge is 2.56. The molecule has 1 aromatic carbocycles. The Hall–Kier alpha value is -3.27. The fourth-order valence-electron chi connectivity index (χ4n) is 6.67. The van der Waals surface area contributed by atoms with E-state index in [9.17, 15) is 14.0 Å². The Morgan fingerprint density at radius 3 is 2.61 bits per heavy atom. The van der Waals surface area contributed by atoms with E-state index in [0.717, 1.165) is 57.4 Å². The number of benzene rings is 1. The first kappa shape index (κ1) is 22.0. The van der Waals surface area contributed by atoms with E-state index in [-0.39, 0.29) is 23.7 Å². The molecule has 1 unspecified atom stereocenters. The molecule has 10 heteroatoms. The van der Waals surface area contributed by atoms with Crippen LogP contribution >= 0.6 is 0 Å². The third kappa shape index (κ3) is 3.23. The number of carbonyl (C=O) groups excluding carboxylic acids is 2. The van der Waals surface area contributed by atoms with E-state index >= 15 is 0 Å². The Balaban J connectivity index is 1.16. The highest BCUT2D eigenvalue weighted by Crippen LogP contribution is 2.44. The molecule has 5 aliphatic rings. The summed E-state index contributed by atoms with van der Waals surface area (Å²) in [6, 6.07) is 5.14. The van der Waals surface area contributed by atoms with Crippen LogP contribution in [0.15, 0.2) is 24.4 Å². The van der Waals surface area contributed by atoms with Crippen LogP contribution in [0.4, 0.5) is 27.5 Å². The van der Waals surface area contributed by atoms with Crippen molar-refractivity contribution < 1.29 is 14.0 Å². The second kappa shape index (κ2) is 7.86. The van der Waals surface area contributed by atoms with Gasteiger partial charge in [-0.15, -0.1) is 0 Å². The topological polar surface area (TPSA) is 102 Å². The molecular formula is C26H30FN7O2. The summed E-state index contributed by atoms with van der Waals surface area (Å²) in [7, 11) is 0. The molecule has 2 spiro atoms. The van der Waals surface area contributed by atoms with E-state index < -0.39 is 5.41 Å². The van der Waals surface area contributed by atoms with Crippen LogP contribution in [-0.2, 0) is 16.0 Å². The van der Waals surface area contributed by atoms with Crippen LogP contribution in [0, 0.1) is 16.6 Å². The Morgan fingerprint density at radius 2 is 1.94 bits per heavy atom. The summed E-state index contributed by atoms with van der Waals surface area (Å²) in [5.41, 5.74) is 1.24. The monoisotopic (exact) mass is 491 g/mol. The smallest absolute Gasteiger partial charge is 0.244 e. The van der Waals surface area contributed by atoms with Gasteiger partial charge in [0.1, 0.15) is 17.1 Å². The summed E-state index contributed by atoms with van der Waals surface area (Å²) < 4.78 is 15.0. The largest absolute Gasteiger partial charge is 0.368 e. The van der Waals surface area contributed by atoms with Crippen LogP contribution in [0.3, 0.4) is 0 Å². The van der Waals surface area contributed by atoms with Gasteiger partial charge in [0.25, 0.3) is 0 Å². The number of hydrogen-bond acceptors (Lipinski definition) is 7. The predicted octanol–water partition coefficient (Wildman–Crippen LogP) is 2.11. The summed E-state index contributed by atoms with van der Waals surface area (Å²) >= 11 is 0. The summed E-state index contributed by atoms with van der Waals surface area (Å²) in [6.45, 7) is 4.28. The molecule has 0 bridgehead atoms. The molecule has 1 atom stereocenters. The van der Waals surface area contributed by atoms with Gasteiger partial charge in [-0.2, -0.15) is 4.98 Å². The SMILES string of the molecule is O=C1NCCC12Cc1cnc(Nc3ccc(N4CC5(CNC5)C4)c(F)c3)nc1N(C1CCCC1)C2=O. The number of amides is 2. The molecule has 9 nitrogen and oxygen atoms in total. The van der Waals surface area contributed by atoms with Crippen molar-refractivity contribution in [2.75, 3.05) is 47.8 Å². The quantitative estimate of drug-likeness (QED) is 0.563. The Kier molecular flexibility index (Phi) is 4.80. The molecule has 188 valence electrons. The van der Waals surface area contributed by atoms with Crippen molar-refractivity contribution >= 4 is 35.0 Å². The molecule has 1 saturated carbocycles. The molecule has 0 radical (unpaired) electrons. The Labute approximate surface area is 208 Å². The Morgan fingerprint density at radius 1 is 1.14 bits per heavy atom. The molecule has 5 heterocycles. The number of rotatable bonds is 4. The maximum Gasteiger partial charge on any atom is 0.244 e. The maximum absolute atomic E-state index is 15.0. The second-order valence-electron chi connectivity index (χ2n) is 11.2. The minimum Gasteiger partial charge on any atom is -0.368 e. The van der Waals surface area contributed by atoms with Crippen molar-refractivity contribution in [3.8, 4) is 0 Å². The number of carbonyl (C=O) groups is 2. The van der Waals surface area contributed by atoms with Crippen molar-refractivity contribution in [3.05, 3.63) is 35.8 Å². The average Bonchev–Trinajstić information content (AvgIpc) is 3.45.